The molecule has 0 saturated heterocycles. The fourth-order valence-corrected chi connectivity index (χ4v) is 2.59. The maximum atomic E-state index is 9.41. The number of hydrogen-bond donors (Lipinski definition) is 0. The van der Waals surface area contributed by atoms with Gasteiger partial charge in [-0.3, -0.25) is 4.98 Å². The van der Waals surface area contributed by atoms with Crippen molar-refractivity contribution in [2.24, 2.45) is 0 Å². The number of benzene rings is 1. The van der Waals surface area contributed by atoms with Gasteiger partial charge in [0.1, 0.15) is 23.7 Å². The van der Waals surface area contributed by atoms with Crippen LogP contribution in [0.15, 0.2) is 36.5 Å². The summed E-state index contributed by atoms with van der Waals surface area (Å²) in [7, 11) is 1.63. The van der Waals surface area contributed by atoms with E-state index in [1.807, 2.05) is 37.3 Å². The third-order valence-corrected chi connectivity index (χ3v) is 3.61. The molecule has 0 radical (unpaired) electrons. The van der Waals surface area contributed by atoms with Gasteiger partial charge in [-0.25, -0.2) is 0 Å². The van der Waals surface area contributed by atoms with Gasteiger partial charge in [0.2, 0.25) is 0 Å². The van der Waals surface area contributed by atoms with Crippen LogP contribution in [0.4, 0.5) is 0 Å². The normalized spacial score (nSPS) is 16.6. The van der Waals surface area contributed by atoms with Crippen LogP contribution in [0, 0.1) is 11.3 Å². The van der Waals surface area contributed by atoms with E-state index in [-0.39, 0.29) is 6.10 Å². The standard InChI is InChI=1S/C18H16N2O2/c1-12-7-13-9-17(21-2)14(10-18(13)22-12)8-15(11-19)16-5-3-4-6-20-16/h3-6,8-10,12H,7H2,1-2H3/b15-8+. The number of nitrogens with zero attached hydrogens (tertiary/aromatic N) is 2. The molecule has 1 aliphatic heterocycles. The number of rotatable bonds is 3. The first-order valence-electron chi connectivity index (χ1n) is 7.12. The van der Waals surface area contributed by atoms with Crippen molar-refractivity contribution in [1.82, 2.24) is 4.98 Å². The minimum absolute atomic E-state index is 0.171. The molecule has 110 valence electrons. The molecule has 2 aromatic rings. The highest BCUT2D eigenvalue weighted by molar-refractivity contribution is 5.89. The molecule has 0 bridgehead atoms. The number of nitriles is 1. The number of methoxy groups -OCH3 is 1. The van der Waals surface area contributed by atoms with Crippen molar-refractivity contribution in [3.63, 3.8) is 0 Å². The summed E-state index contributed by atoms with van der Waals surface area (Å²) < 4.78 is 11.2. The van der Waals surface area contributed by atoms with Crippen molar-refractivity contribution in [3.8, 4) is 17.6 Å². The molecule has 2 heterocycles. The fraction of sp³-hybridized carbons (Fsp3) is 0.222. The van der Waals surface area contributed by atoms with E-state index in [0.29, 0.717) is 11.3 Å². The zero-order chi connectivity index (χ0) is 15.5. The Morgan fingerprint density at radius 3 is 3.00 bits per heavy atom. The Kier molecular flexibility index (Phi) is 3.80. The molecular weight excluding hydrogens is 276 g/mol. The van der Waals surface area contributed by atoms with Gasteiger partial charge < -0.3 is 9.47 Å². The topological polar surface area (TPSA) is 55.1 Å². The second-order valence-electron chi connectivity index (χ2n) is 5.22. The van der Waals surface area contributed by atoms with Crippen LogP contribution in [0.5, 0.6) is 11.5 Å². The summed E-state index contributed by atoms with van der Waals surface area (Å²) in [6.07, 6.45) is 4.50. The van der Waals surface area contributed by atoms with E-state index in [1.165, 1.54) is 0 Å². The molecule has 0 N–H and O–H groups in total. The van der Waals surface area contributed by atoms with E-state index in [4.69, 9.17) is 9.47 Å². The molecule has 4 nitrogen and oxygen atoms in total. The maximum absolute atomic E-state index is 9.41. The lowest BCUT2D eigenvalue weighted by atomic mass is 10.0. The molecule has 0 fully saturated rings. The number of pyridine rings is 1. The van der Waals surface area contributed by atoms with Crippen molar-refractivity contribution in [1.29, 1.82) is 5.26 Å². The Morgan fingerprint density at radius 2 is 2.32 bits per heavy atom. The molecule has 0 amide bonds. The van der Waals surface area contributed by atoms with Crippen LogP contribution in [0.1, 0.15) is 23.7 Å². The molecule has 22 heavy (non-hydrogen) atoms. The van der Waals surface area contributed by atoms with Crippen LogP contribution in [-0.2, 0) is 6.42 Å². The number of hydrogen-bond acceptors (Lipinski definition) is 4. The minimum atomic E-state index is 0.171. The van der Waals surface area contributed by atoms with Crippen molar-refractivity contribution < 1.29 is 9.47 Å². The van der Waals surface area contributed by atoms with Crippen molar-refractivity contribution in [3.05, 3.63) is 53.3 Å². The van der Waals surface area contributed by atoms with Gasteiger partial charge in [-0.05, 0) is 37.3 Å². The van der Waals surface area contributed by atoms with Crippen LogP contribution in [0.25, 0.3) is 11.6 Å². The lowest BCUT2D eigenvalue weighted by Gasteiger charge is -2.09. The number of aromatic nitrogens is 1. The van der Waals surface area contributed by atoms with Crippen LogP contribution < -0.4 is 9.47 Å². The highest BCUT2D eigenvalue weighted by Crippen LogP contribution is 2.36. The Bertz CT molecular complexity index is 761. The predicted molar refractivity (Wildman–Crippen MR) is 84.5 cm³/mol. The van der Waals surface area contributed by atoms with Crippen molar-refractivity contribution in [2.45, 2.75) is 19.4 Å². The molecule has 4 heteroatoms. The molecule has 0 spiro atoms. The van der Waals surface area contributed by atoms with E-state index in [9.17, 15) is 5.26 Å². The maximum Gasteiger partial charge on any atom is 0.126 e. The molecule has 1 aromatic carbocycles. The first-order chi connectivity index (χ1) is 10.7. The molecule has 1 aromatic heterocycles. The third kappa shape index (κ3) is 2.66. The second kappa shape index (κ2) is 5.90. The molecule has 0 saturated carbocycles. The highest BCUT2D eigenvalue weighted by atomic mass is 16.5. The van der Waals surface area contributed by atoms with Crippen molar-refractivity contribution in [2.75, 3.05) is 7.11 Å². The zero-order valence-electron chi connectivity index (χ0n) is 12.5. The van der Waals surface area contributed by atoms with Crippen LogP contribution in [0.2, 0.25) is 0 Å². The number of ether oxygens (including phenoxy) is 2. The van der Waals surface area contributed by atoms with Gasteiger partial charge in [0, 0.05) is 23.7 Å². The van der Waals surface area contributed by atoms with Gasteiger partial charge in [0.25, 0.3) is 0 Å². The molecule has 0 aliphatic carbocycles. The Balaban J connectivity index is 2.06. The highest BCUT2D eigenvalue weighted by Gasteiger charge is 2.21. The fourth-order valence-electron chi connectivity index (χ4n) is 2.59. The Hall–Kier alpha value is -2.80. The summed E-state index contributed by atoms with van der Waals surface area (Å²) in [6, 6.07) is 11.6. The van der Waals surface area contributed by atoms with Crippen LogP contribution >= 0.6 is 0 Å². The van der Waals surface area contributed by atoms with E-state index >= 15 is 0 Å². The SMILES string of the molecule is COc1cc2c(cc1/C=C(\C#N)c1ccccn1)OC(C)C2. The van der Waals surface area contributed by atoms with E-state index in [2.05, 4.69) is 11.1 Å². The Morgan fingerprint density at radius 1 is 1.45 bits per heavy atom. The predicted octanol–water partition coefficient (Wildman–Crippen LogP) is 3.48. The average molecular weight is 292 g/mol. The summed E-state index contributed by atoms with van der Waals surface area (Å²) in [6.45, 7) is 2.04. The summed E-state index contributed by atoms with van der Waals surface area (Å²) in [4.78, 5) is 4.22. The third-order valence-electron chi connectivity index (χ3n) is 3.61. The molecule has 3 rings (SSSR count). The van der Waals surface area contributed by atoms with E-state index < -0.39 is 0 Å². The number of allylic oxidation sites excluding steroid dienone is 1. The van der Waals surface area contributed by atoms with E-state index in [1.54, 1.807) is 19.4 Å². The summed E-state index contributed by atoms with van der Waals surface area (Å²) in [5.74, 6) is 1.60. The molecular formula is C18H16N2O2. The first-order valence-corrected chi connectivity index (χ1v) is 7.12. The summed E-state index contributed by atoms with van der Waals surface area (Å²) >= 11 is 0. The minimum Gasteiger partial charge on any atom is -0.496 e. The largest absolute Gasteiger partial charge is 0.496 e. The lowest BCUT2D eigenvalue weighted by Crippen LogP contribution is -2.05. The van der Waals surface area contributed by atoms with Gasteiger partial charge in [-0.1, -0.05) is 6.07 Å². The quantitative estimate of drug-likeness (QED) is 0.813. The van der Waals surface area contributed by atoms with Crippen molar-refractivity contribution >= 4 is 11.6 Å². The lowest BCUT2D eigenvalue weighted by molar-refractivity contribution is 0.254. The first kappa shape index (κ1) is 14.2. The monoisotopic (exact) mass is 292 g/mol. The van der Waals surface area contributed by atoms with Gasteiger partial charge in [-0.2, -0.15) is 5.26 Å². The zero-order valence-corrected chi connectivity index (χ0v) is 12.5. The number of fused-ring (bicyclic) bond motifs is 1. The molecule has 1 aliphatic rings. The molecule has 1 atom stereocenters. The van der Waals surface area contributed by atoms with E-state index in [0.717, 1.165) is 29.0 Å². The van der Waals surface area contributed by atoms with Crippen LogP contribution in [-0.4, -0.2) is 18.2 Å². The van der Waals surface area contributed by atoms with Gasteiger partial charge in [0.15, 0.2) is 0 Å². The van der Waals surface area contributed by atoms with Gasteiger partial charge in [0.05, 0.1) is 18.4 Å². The second-order valence-corrected chi connectivity index (χ2v) is 5.22. The average Bonchev–Trinajstić information content (AvgIpc) is 2.91. The summed E-state index contributed by atoms with van der Waals surface area (Å²) in [5, 5.41) is 9.41. The van der Waals surface area contributed by atoms with Gasteiger partial charge >= 0.3 is 0 Å². The smallest absolute Gasteiger partial charge is 0.126 e. The Labute approximate surface area is 129 Å². The van der Waals surface area contributed by atoms with Crippen LogP contribution in [0.3, 0.4) is 0 Å². The molecule has 1 unspecified atom stereocenters. The summed E-state index contributed by atoms with van der Waals surface area (Å²) in [5.41, 5.74) is 3.09. The van der Waals surface area contributed by atoms with Gasteiger partial charge in [-0.15, -0.1) is 0 Å².